The van der Waals surface area contributed by atoms with Gasteiger partial charge in [0.2, 0.25) is 0 Å². The first-order valence-corrected chi connectivity index (χ1v) is 6.71. The van der Waals surface area contributed by atoms with E-state index in [9.17, 15) is 9.18 Å². The number of hydrogen-bond donors (Lipinski definition) is 0. The maximum absolute atomic E-state index is 13.4. The van der Waals surface area contributed by atoms with E-state index < -0.39 is 5.82 Å². The molecule has 1 aromatic heterocycles. The van der Waals surface area contributed by atoms with Crippen LogP contribution in [0.3, 0.4) is 0 Å². The monoisotopic (exact) mass is 284 g/mol. The highest BCUT2D eigenvalue weighted by atomic mass is 32.2. The molecule has 0 bridgehead atoms. The van der Waals surface area contributed by atoms with E-state index in [0.717, 1.165) is 15.9 Å². The summed E-state index contributed by atoms with van der Waals surface area (Å²) < 4.78 is 13.4. The molecule has 3 nitrogen and oxygen atoms in total. The fraction of sp³-hybridized carbons (Fsp3) is 0. The third-order valence-electron chi connectivity index (χ3n) is 2.75. The Morgan fingerprint density at radius 2 is 1.95 bits per heavy atom. The minimum atomic E-state index is -0.435. The number of rotatable bonds is 3. The summed E-state index contributed by atoms with van der Waals surface area (Å²) in [5.41, 5.74) is 1.14. The van der Waals surface area contributed by atoms with Gasteiger partial charge in [-0.2, -0.15) is 0 Å². The van der Waals surface area contributed by atoms with E-state index in [2.05, 4.69) is 9.97 Å². The predicted octanol–water partition coefficient (Wildman–Crippen LogP) is 3.73. The predicted molar refractivity (Wildman–Crippen MR) is 75.4 cm³/mol. The van der Waals surface area contributed by atoms with Crippen molar-refractivity contribution in [3.05, 3.63) is 60.2 Å². The fourth-order valence-electron chi connectivity index (χ4n) is 1.88. The van der Waals surface area contributed by atoms with Gasteiger partial charge < -0.3 is 0 Å². The van der Waals surface area contributed by atoms with Crippen molar-refractivity contribution in [3.63, 3.8) is 0 Å². The molecule has 3 aromatic rings. The average molecular weight is 284 g/mol. The van der Waals surface area contributed by atoms with Gasteiger partial charge in [-0.3, -0.25) is 4.79 Å². The van der Waals surface area contributed by atoms with Crippen LogP contribution in [0.4, 0.5) is 4.39 Å². The third-order valence-corrected chi connectivity index (χ3v) is 3.74. The molecule has 2 aromatic carbocycles. The third kappa shape index (κ3) is 2.53. The Balaban J connectivity index is 2.05. The van der Waals surface area contributed by atoms with E-state index >= 15 is 0 Å². The number of para-hydroxylation sites is 1. The maximum Gasteiger partial charge on any atom is 0.150 e. The van der Waals surface area contributed by atoms with Gasteiger partial charge in [-0.25, -0.2) is 14.4 Å². The zero-order valence-electron chi connectivity index (χ0n) is 10.3. The lowest BCUT2D eigenvalue weighted by molar-refractivity contribution is 0.112. The van der Waals surface area contributed by atoms with Crippen molar-refractivity contribution in [2.24, 2.45) is 0 Å². The van der Waals surface area contributed by atoms with E-state index in [1.807, 2.05) is 24.3 Å². The minimum absolute atomic E-state index is 0.311. The Morgan fingerprint density at radius 1 is 1.10 bits per heavy atom. The molecule has 0 unspecified atom stereocenters. The summed E-state index contributed by atoms with van der Waals surface area (Å²) in [5.74, 6) is -0.435. The van der Waals surface area contributed by atoms with Gasteiger partial charge >= 0.3 is 0 Å². The second kappa shape index (κ2) is 5.38. The fourth-order valence-corrected chi connectivity index (χ4v) is 2.86. The van der Waals surface area contributed by atoms with Crippen LogP contribution >= 0.6 is 11.8 Å². The van der Waals surface area contributed by atoms with Crippen molar-refractivity contribution in [3.8, 4) is 0 Å². The molecule has 0 N–H and O–H groups in total. The second-order valence-corrected chi connectivity index (χ2v) is 5.20. The normalized spacial score (nSPS) is 10.7. The first-order chi connectivity index (χ1) is 9.76. The van der Waals surface area contributed by atoms with Gasteiger partial charge in [0.15, 0.2) is 0 Å². The van der Waals surface area contributed by atoms with E-state index in [-0.39, 0.29) is 0 Å². The van der Waals surface area contributed by atoms with Gasteiger partial charge in [0.1, 0.15) is 23.5 Å². The molecule has 0 saturated heterocycles. The van der Waals surface area contributed by atoms with Crippen LogP contribution in [0.2, 0.25) is 0 Å². The number of carbonyl (C=O) groups excluding carboxylic acids is 1. The van der Waals surface area contributed by atoms with Crippen LogP contribution in [0.1, 0.15) is 10.4 Å². The molecule has 20 heavy (non-hydrogen) atoms. The van der Waals surface area contributed by atoms with Crippen LogP contribution in [-0.4, -0.2) is 16.3 Å². The number of aldehydes is 1. The van der Waals surface area contributed by atoms with E-state index in [1.165, 1.54) is 30.2 Å². The van der Waals surface area contributed by atoms with Crippen molar-refractivity contribution in [1.29, 1.82) is 0 Å². The smallest absolute Gasteiger partial charge is 0.150 e. The number of benzene rings is 2. The molecule has 0 aliphatic rings. The molecular weight excluding hydrogens is 275 g/mol. The summed E-state index contributed by atoms with van der Waals surface area (Å²) in [6.45, 7) is 0. The molecule has 0 amide bonds. The van der Waals surface area contributed by atoms with Gasteiger partial charge in [0, 0.05) is 15.8 Å². The maximum atomic E-state index is 13.4. The van der Waals surface area contributed by atoms with Crippen molar-refractivity contribution in [2.45, 2.75) is 9.92 Å². The summed E-state index contributed by atoms with van der Waals surface area (Å²) in [5, 5.41) is 1.63. The molecule has 0 atom stereocenters. The Hall–Kier alpha value is -2.27. The van der Waals surface area contributed by atoms with Crippen LogP contribution in [-0.2, 0) is 0 Å². The number of hydrogen-bond acceptors (Lipinski definition) is 4. The highest BCUT2D eigenvalue weighted by Crippen LogP contribution is 2.31. The highest BCUT2D eigenvalue weighted by Gasteiger charge is 2.07. The van der Waals surface area contributed by atoms with Gasteiger partial charge in [0.05, 0.1) is 5.52 Å². The average Bonchev–Trinajstić information content (AvgIpc) is 2.47. The quantitative estimate of drug-likeness (QED) is 0.543. The number of halogens is 1. The van der Waals surface area contributed by atoms with Crippen LogP contribution in [0, 0.1) is 5.82 Å². The van der Waals surface area contributed by atoms with Crippen LogP contribution in [0.5, 0.6) is 0 Å². The number of carbonyl (C=O) groups is 1. The summed E-state index contributed by atoms with van der Waals surface area (Å²) in [7, 11) is 0. The summed E-state index contributed by atoms with van der Waals surface area (Å²) in [6.07, 6.45) is 2.11. The van der Waals surface area contributed by atoms with Crippen molar-refractivity contribution in [1.82, 2.24) is 9.97 Å². The second-order valence-electron chi connectivity index (χ2n) is 4.14. The van der Waals surface area contributed by atoms with Crippen LogP contribution in [0.15, 0.2) is 58.7 Å². The topological polar surface area (TPSA) is 42.9 Å². The van der Waals surface area contributed by atoms with E-state index in [1.54, 1.807) is 6.07 Å². The Bertz CT molecular complexity index is 786. The first kappa shape index (κ1) is 12.7. The van der Waals surface area contributed by atoms with Crippen LogP contribution in [0.25, 0.3) is 10.9 Å². The lowest BCUT2D eigenvalue weighted by Gasteiger charge is -2.05. The largest absolute Gasteiger partial charge is 0.298 e. The molecular formula is C15H9FN2OS. The van der Waals surface area contributed by atoms with E-state index in [4.69, 9.17) is 0 Å². The molecule has 3 rings (SSSR count). The first-order valence-electron chi connectivity index (χ1n) is 5.89. The zero-order valence-corrected chi connectivity index (χ0v) is 11.1. The number of aromatic nitrogens is 2. The lowest BCUT2D eigenvalue weighted by atomic mass is 10.2. The van der Waals surface area contributed by atoms with Gasteiger partial charge in [-0.15, -0.1) is 0 Å². The molecule has 0 aliphatic heterocycles. The number of nitrogens with zero attached hydrogens (tertiary/aromatic N) is 2. The highest BCUT2D eigenvalue weighted by molar-refractivity contribution is 7.99. The van der Waals surface area contributed by atoms with Gasteiger partial charge in [0.25, 0.3) is 0 Å². The molecule has 0 radical (unpaired) electrons. The van der Waals surface area contributed by atoms with Crippen molar-refractivity contribution >= 4 is 29.0 Å². The minimum Gasteiger partial charge on any atom is -0.298 e. The molecule has 1 heterocycles. The molecule has 98 valence electrons. The zero-order chi connectivity index (χ0) is 13.9. The summed E-state index contributed by atoms with van der Waals surface area (Å²) in [6, 6.07) is 11.8. The standard InChI is InChI=1S/C15H9FN2OS/c16-11-5-10(8-19)6-12(7-11)20-15-13-3-1-2-4-14(13)17-9-18-15/h1-9H. The molecule has 0 saturated carbocycles. The summed E-state index contributed by atoms with van der Waals surface area (Å²) in [4.78, 5) is 19.8. The van der Waals surface area contributed by atoms with E-state index in [0.29, 0.717) is 16.7 Å². The van der Waals surface area contributed by atoms with Crippen LogP contribution < -0.4 is 0 Å². The Kier molecular flexibility index (Phi) is 3.43. The molecule has 0 spiro atoms. The molecule has 0 fully saturated rings. The molecule has 0 aliphatic carbocycles. The van der Waals surface area contributed by atoms with Gasteiger partial charge in [-0.1, -0.05) is 30.0 Å². The van der Waals surface area contributed by atoms with Crippen molar-refractivity contribution in [2.75, 3.05) is 0 Å². The van der Waals surface area contributed by atoms with Gasteiger partial charge in [-0.05, 0) is 24.3 Å². The Morgan fingerprint density at radius 3 is 2.80 bits per heavy atom. The molecule has 5 heteroatoms. The SMILES string of the molecule is O=Cc1cc(F)cc(Sc2ncnc3ccccc23)c1. The summed E-state index contributed by atoms with van der Waals surface area (Å²) >= 11 is 1.31. The lowest BCUT2D eigenvalue weighted by Crippen LogP contribution is -1.88. The number of fused-ring (bicyclic) bond motifs is 1. The Labute approximate surface area is 118 Å². The van der Waals surface area contributed by atoms with Crippen molar-refractivity contribution < 1.29 is 9.18 Å².